The number of nitriles is 1. The van der Waals surface area contributed by atoms with E-state index >= 15 is 0 Å². The van der Waals surface area contributed by atoms with Gasteiger partial charge in [0, 0.05) is 5.02 Å². The van der Waals surface area contributed by atoms with Crippen LogP contribution in [0.2, 0.25) is 5.02 Å². The molecule has 0 heterocycles. The first kappa shape index (κ1) is 18.3. The van der Waals surface area contributed by atoms with Gasteiger partial charge in [0.2, 0.25) is 0 Å². The highest BCUT2D eigenvalue weighted by atomic mass is 35.5. The fourth-order valence-electron chi connectivity index (χ4n) is 1.38. The molecule has 0 atom stereocenters. The van der Waals surface area contributed by atoms with Gasteiger partial charge >= 0.3 is 13.6 Å². The number of benzene rings is 1. The van der Waals surface area contributed by atoms with Crippen LogP contribution in [0, 0.1) is 11.3 Å². The minimum absolute atomic E-state index is 0.0419. The van der Waals surface area contributed by atoms with Gasteiger partial charge in [-0.25, -0.2) is 4.79 Å². The Kier molecular flexibility index (Phi) is 7.22. The first-order chi connectivity index (χ1) is 10.5. The van der Waals surface area contributed by atoms with Gasteiger partial charge in [-0.1, -0.05) is 22.8 Å². The summed E-state index contributed by atoms with van der Waals surface area (Å²) in [7, 11) is -3.90. The van der Waals surface area contributed by atoms with Crippen LogP contribution >= 0.6 is 19.2 Å². The second-order valence-corrected chi connectivity index (χ2v) is 6.12. The minimum Gasteiger partial charge on any atom is -0.311 e. The third-order valence-electron chi connectivity index (χ3n) is 2.23. The molecule has 0 saturated carbocycles. The van der Waals surface area contributed by atoms with Crippen LogP contribution in [0.25, 0.3) is 0 Å². The second-order valence-electron chi connectivity index (χ2n) is 3.75. The topological polar surface area (TPSA) is 98.0 Å². The molecule has 0 bridgehead atoms. The van der Waals surface area contributed by atoms with Gasteiger partial charge in [0.1, 0.15) is 6.07 Å². The zero-order valence-corrected chi connectivity index (χ0v) is 13.6. The molecule has 0 saturated heterocycles. The summed E-state index contributed by atoms with van der Waals surface area (Å²) in [6.45, 7) is 3.25. The molecule has 0 spiro atoms. The zero-order valence-electron chi connectivity index (χ0n) is 12.0. The molecular weight excluding hydrogens is 331 g/mol. The summed E-state index contributed by atoms with van der Waals surface area (Å²) in [5.74, 6) is -0.852. The average Bonchev–Trinajstić information content (AvgIpc) is 2.48. The van der Waals surface area contributed by atoms with Crippen LogP contribution in [-0.4, -0.2) is 24.6 Å². The Bertz CT molecular complexity index is 646. The van der Waals surface area contributed by atoms with E-state index in [0.717, 1.165) is 0 Å². The molecule has 0 aliphatic rings. The van der Waals surface area contributed by atoms with Crippen molar-refractivity contribution in [1.82, 2.24) is 0 Å². The maximum atomic E-state index is 12.3. The van der Waals surface area contributed by atoms with Gasteiger partial charge in [-0.3, -0.25) is 4.57 Å². The lowest BCUT2D eigenvalue weighted by Gasteiger charge is -2.13. The number of halogens is 1. The number of rotatable bonds is 7. The first-order valence-corrected chi connectivity index (χ1v) is 8.23. The smallest absolute Gasteiger partial charge is 0.311 e. The molecule has 0 amide bonds. The average molecular weight is 345 g/mol. The van der Waals surface area contributed by atoms with E-state index in [1.165, 1.54) is 12.1 Å². The molecule has 1 rings (SSSR count). The highest BCUT2D eigenvalue weighted by Gasteiger charge is 2.33. The molecule has 0 N–H and O–H groups in total. The van der Waals surface area contributed by atoms with E-state index in [1.807, 2.05) is 0 Å². The van der Waals surface area contributed by atoms with E-state index in [-0.39, 0.29) is 18.8 Å². The summed E-state index contributed by atoms with van der Waals surface area (Å²) in [4.78, 5) is 16.4. The standard InChI is InChI=1S/C13H14ClN2O5P/c1-3-19-22(18,20-4-2)12(9-15)16-21-13(17)10-6-5-7-11(14)8-10/h5-8H,3-4H2,1-2H3/b16-12-. The SMILES string of the molecule is CCOP(=O)(OCC)/C(C#N)=N\OC(=O)c1cccc(Cl)c1. The van der Waals surface area contributed by atoms with Gasteiger partial charge in [0.25, 0.3) is 5.45 Å². The van der Waals surface area contributed by atoms with E-state index in [2.05, 4.69) is 9.99 Å². The second kappa shape index (κ2) is 8.66. The van der Waals surface area contributed by atoms with Gasteiger partial charge in [-0.15, -0.1) is 0 Å². The van der Waals surface area contributed by atoms with Crippen molar-refractivity contribution >= 4 is 30.6 Å². The molecule has 1 aromatic carbocycles. The van der Waals surface area contributed by atoms with Gasteiger partial charge in [-0.05, 0) is 32.0 Å². The van der Waals surface area contributed by atoms with Crippen LogP contribution < -0.4 is 0 Å². The number of hydrogen-bond acceptors (Lipinski definition) is 7. The van der Waals surface area contributed by atoms with Gasteiger partial charge in [-0.2, -0.15) is 5.26 Å². The van der Waals surface area contributed by atoms with Crippen LogP contribution in [0.5, 0.6) is 0 Å². The number of oxime groups is 1. The zero-order chi connectivity index (χ0) is 16.6. The summed E-state index contributed by atoms with van der Waals surface area (Å²) in [5, 5.41) is 12.7. The van der Waals surface area contributed by atoms with Crippen LogP contribution in [0.1, 0.15) is 24.2 Å². The number of carbonyl (C=O) groups excluding carboxylic acids is 1. The predicted octanol–water partition coefficient (Wildman–Crippen LogP) is 3.60. The van der Waals surface area contributed by atoms with Crippen molar-refractivity contribution in [2.75, 3.05) is 13.2 Å². The Labute approximate surface area is 132 Å². The largest absolute Gasteiger partial charge is 0.393 e. The molecule has 9 heteroatoms. The van der Waals surface area contributed by atoms with Gasteiger partial charge < -0.3 is 13.9 Å². The maximum Gasteiger partial charge on any atom is 0.393 e. The number of nitrogens with zero attached hydrogens (tertiary/aromatic N) is 2. The molecule has 0 aliphatic heterocycles. The molecule has 0 unspecified atom stereocenters. The highest BCUT2D eigenvalue weighted by Crippen LogP contribution is 2.49. The number of hydrogen-bond donors (Lipinski definition) is 0. The van der Waals surface area contributed by atoms with Crippen molar-refractivity contribution in [1.29, 1.82) is 5.26 Å². The van der Waals surface area contributed by atoms with Crippen LogP contribution in [0.15, 0.2) is 29.4 Å². The van der Waals surface area contributed by atoms with Crippen molar-refractivity contribution in [2.45, 2.75) is 13.8 Å². The van der Waals surface area contributed by atoms with Crippen molar-refractivity contribution < 1.29 is 23.2 Å². The normalized spacial score (nSPS) is 11.8. The third kappa shape index (κ3) is 4.93. The van der Waals surface area contributed by atoms with E-state index in [1.54, 1.807) is 32.0 Å². The first-order valence-electron chi connectivity index (χ1n) is 6.31. The summed E-state index contributed by atoms with van der Waals surface area (Å²) in [6.07, 6.45) is 0. The molecule has 22 heavy (non-hydrogen) atoms. The summed E-state index contributed by atoms with van der Waals surface area (Å²) in [5.41, 5.74) is -0.497. The minimum atomic E-state index is -3.90. The van der Waals surface area contributed by atoms with E-state index in [0.29, 0.717) is 5.02 Å². The van der Waals surface area contributed by atoms with Crippen LogP contribution in [0.4, 0.5) is 0 Å². The van der Waals surface area contributed by atoms with Crippen molar-refractivity contribution in [3.05, 3.63) is 34.9 Å². The predicted molar refractivity (Wildman–Crippen MR) is 80.8 cm³/mol. The van der Waals surface area contributed by atoms with E-state index in [9.17, 15) is 9.36 Å². The van der Waals surface area contributed by atoms with Gasteiger partial charge in [0.05, 0.1) is 18.8 Å². The van der Waals surface area contributed by atoms with Crippen LogP contribution in [0.3, 0.4) is 0 Å². The summed E-state index contributed by atoms with van der Waals surface area (Å²) >= 11 is 5.75. The van der Waals surface area contributed by atoms with Crippen molar-refractivity contribution in [3.8, 4) is 6.07 Å². The molecular formula is C13H14ClN2O5P. The lowest BCUT2D eigenvalue weighted by atomic mass is 10.2. The van der Waals surface area contributed by atoms with Gasteiger partial charge in [0.15, 0.2) is 0 Å². The molecule has 0 aromatic heterocycles. The lowest BCUT2D eigenvalue weighted by Crippen LogP contribution is -2.08. The Balaban J connectivity index is 2.95. The fourth-order valence-corrected chi connectivity index (χ4v) is 2.84. The third-order valence-corrected chi connectivity index (χ3v) is 4.36. The Morgan fingerprint density at radius 2 is 2.00 bits per heavy atom. The monoisotopic (exact) mass is 344 g/mol. The quantitative estimate of drug-likeness (QED) is 0.324. The Hall–Kier alpha value is -1.71. The summed E-state index contributed by atoms with van der Waals surface area (Å²) in [6, 6.07) is 7.53. The highest BCUT2D eigenvalue weighted by molar-refractivity contribution is 7.73. The number of carbonyl (C=O) groups is 1. The summed E-state index contributed by atoms with van der Waals surface area (Å²) < 4.78 is 22.2. The molecule has 1 aromatic rings. The Morgan fingerprint density at radius 3 is 2.50 bits per heavy atom. The van der Waals surface area contributed by atoms with Crippen LogP contribution in [-0.2, 0) is 18.5 Å². The molecule has 118 valence electrons. The van der Waals surface area contributed by atoms with Crippen molar-refractivity contribution in [2.24, 2.45) is 5.16 Å². The maximum absolute atomic E-state index is 12.3. The lowest BCUT2D eigenvalue weighted by molar-refractivity contribution is 0.0517. The van der Waals surface area contributed by atoms with E-state index < -0.39 is 19.0 Å². The molecule has 0 fully saturated rings. The molecule has 0 aliphatic carbocycles. The Morgan fingerprint density at radius 1 is 1.36 bits per heavy atom. The molecule has 7 nitrogen and oxygen atoms in total. The van der Waals surface area contributed by atoms with Crippen molar-refractivity contribution in [3.63, 3.8) is 0 Å². The fraction of sp³-hybridized carbons (Fsp3) is 0.308. The molecule has 0 radical (unpaired) electrons. The van der Waals surface area contributed by atoms with E-state index in [4.69, 9.17) is 25.9 Å².